The number of hydrogen-bond donors (Lipinski definition) is 1. The molecule has 0 saturated heterocycles. The van der Waals surface area contributed by atoms with Crippen LogP contribution >= 0.6 is 0 Å². The molecule has 1 atom stereocenters. The maximum Gasteiger partial charge on any atom is 0.350 e. The number of aromatic hydroxyl groups is 1. The van der Waals surface area contributed by atoms with Gasteiger partial charge in [-0.15, -0.1) is 0 Å². The minimum absolute atomic E-state index is 0.0812. The fourth-order valence-corrected chi connectivity index (χ4v) is 2.10. The van der Waals surface area contributed by atoms with Gasteiger partial charge in [0.05, 0.1) is 6.61 Å². The molecule has 1 aliphatic rings. The van der Waals surface area contributed by atoms with E-state index < -0.39 is 23.1 Å². The molecule has 2 rings (SSSR count). The van der Waals surface area contributed by atoms with E-state index >= 15 is 0 Å². The average molecular weight is 254 g/mol. The molecule has 0 fully saturated rings. The number of carbonyl (C=O) groups excluding carboxylic acids is 1. The molecule has 1 aromatic rings. The van der Waals surface area contributed by atoms with Gasteiger partial charge >= 0.3 is 5.97 Å². The third-order valence-corrected chi connectivity index (χ3v) is 3.17. The average Bonchev–Trinajstić information content (AvgIpc) is 2.75. The molecule has 0 radical (unpaired) electrons. The van der Waals surface area contributed by atoms with E-state index in [9.17, 15) is 14.3 Å². The number of hydrogen-bond acceptors (Lipinski definition) is 4. The summed E-state index contributed by atoms with van der Waals surface area (Å²) in [6, 6.07) is 2.68. The number of fused-ring (bicyclic) bond motifs is 1. The minimum atomic E-state index is -1.17. The number of benzene rings is 1. The number of carbonyl (C=O) groups is 1. The normalized spacial score (nSPS) is 21.3. The maximum absolute atomic E-state index is 13.7. The van der Waals surface area contributed by atoms with Crippen molar-refractivity contribution in [1.82, 2.24) is 0 Å². The van der Waals surface area contributed by atoms with Crippen LogP contribution in [0.25, 0.3) is 0 Å². The zero-order valence-corrected chi connectivity index (χ0v) is 10.3. The Morgan fingerprint density at radius 1 is 1.56 bits per heavy atom. The molecular formula is C13H15FO4. The predicted molar refractivity (Wildman–Crippen MR) is 62.1 cm³/mol. The third-order valence-electron chi connectivity index (χ3n) is 3.17. The van der Waals surface area contributed by atoms with Gasteiger partial charge in [0.15, 0.2) is 11.6 Å². The Morgan fingerprint density at radius 3 is 2.89 bits per heavy atom. The van der Waals surface area contributed by atoms with Crippen molar-refractivity contribution in [3.05, 3.63) is 23.5 Å². The van der Waals surface area contributed by atoms with Crippen molar-refractivity contribution >= 4 is 5.97 Å². The molecule has 0 aromatic heterocycles. The molecule has 0 aliphatic carbocycles. The Bertz CT molecular complexity index is 486. The van der Waals surface area contributed by atoms with Gasteiger partial charge in [-0.05, 0) is 25.5 Å². The fraction of sp³-hybridized carbons (Fsp3) is 0.462. The summed E-state index contributed by atoms with van der Waals surface area (Å²) in [5.74, 6) is -1.37. The largest absolute Gasteiger partial charge is 0.505 e. The van der Waals surface area contributed by atoms with Crippen molar-refractivity contribution in [3.8, 4) is 11.5 Å². The summed E-state index contributed by atoms with van der Waals surface area (Å²) in [5, 5.41) is 9.32. The van der Waals surface area contributed by atoms with Crippen molar-refractivity contribution < 1.29 is 23.8 Å². The molecule has 0 amide bonds. The number of phenolic OH excluding ortho intramolecular Hbond substituents is 1. The minimum Gasteiger partial charge on any atom is -0.505 e. The number of halogens is 1. The molecule has 1 unspecified atom stereocenters. The lowest BCUT2D eigenvalue weighted by atomic mass is 9.94. The van der Waals surface area contributed by atoms with Crippen LogP contribution in [-0.2, 0) is 16.0 Å². The highest BCUT2D eigenvalue weighted by atomic mass is 19.1. The lowest BCUT2D eigenvalue weighted by Crippen LogP contribution is -2.44. The topological polar surface area (TPSA) is 55.8 Å². The SMILES string of the molecule is CCOC(=O)C1(CC)Cc2c(ccc(O)c2F)O1. The Kier molecular flexibility index (Phi) is 3.15. The second-order valence-electron chi connectivity index (χ2n) is 4.22. The van der Waals surface area contributed by atoms with E-state index in [2.05, 4.69) is 0 Å². The van der Waals surface area contributed by atoms with Crippen LogP contribution in [0.2, 0.25) is 0 Å². The first-order valence-corrected chi connectivity index (χ1v) is 5.90. The highest BCUT2D eigenvalue weighted by Gasteiger charge is 2.47. The van der Waals surface area contributed by atoms with E-state index in [0.717, 1.165) is 0 Å². The van der Waals surface area contributed by atoms with Crippen molar-refractivity contribution in [1.29, 1.82) is 0 Å². The standard InChI is InChI=1S/C13H15FO4/c1-3-13(12(16)17-4-2)7-8-10(18-13)6-5-9(15)11(8)14/h5-6,15H,3-4,7H2,1-2H3. The first kappa shape index (κ1) is 12.7. The molecule has 0 saturated carbocycles. The van der Waals surface area contributed by atoms with Crippen LogP contribution in [0.5, 0.6) is 11.5 Å². The van der Waals surface area contributed by atoms with E-state index in [0.29, 0.717) is 12.2 Å². The van der Waals surface area contributed by atoms with Gasteiger partial charge in [-0.1, -0.05) is 6.92 Å². The van der Waals surface area contributed by atoms with Gasteiger partial charge in [-0.3, -0.25) is 0 Å². The molecular weight excluding hydrogens is 239 g/mol. The third kappa shape index (κ3) is 1.79. The highest BCUT2D eigenvalue weighted by Crippen LogP contribution is 2.41. The second kappa shape index (κ2) is 4.48. The summed E-state index contributed by atoms with van der Waals surface area (Å²) in [7, 11) is 0. The lowest BCUT2D eigenvalue weighted by Gasteiger charge is -2.24. The molecule has 1 N–H and O–H groups in total. The monoisotopic (exact) mass is 254 g/mol. The van der Waals surface area contributed by atoms with Gasteiger partial charge in [0.25, 0.3) is 0 Å². The van der Waals surface area contributed by atoms with E-state index in [-0.39, 0.29) is 18.6 Å². The summed E-state index contributed by atoms with van der Waals surface area (Å²) < 4.78 is 24.3. The van der Waals surface area contributed by atoms with Crippen molar-refractivity contribution in [3.63, 3.8) is 0 Å². The van der Waals surface area contributed by atoms with E-state index in [1.807, 2.05) is 0 Å². The lowest BCUT2D eigenvalue weighted by molar-refractivity contribution is -0.160. The maximum atomic E-state index is 13.7. The summed E-state index contributed by atoms with van der Waals surface area (Å²) in [6.07, 6.45) is 0.457. The number of rotatable bonds is 3. The van der Waals surface area contributed by atoms with Crippen LogP contribution in [0.4, 0.5) is 4.39 Å². The van der Waals surface area contributed by atoms with Gasteiger partial charge < -0.3 is 14.6 Å². The zero-order chi connectivity index (χ0) is 13.3. The number of ether oxygens (including phenoxy) is 2. The first-order valence-electron chi connectivity index (χ1n) is 5.90. The van der Waals surface area contributed by atoms with Crippen LogP contribution in [0.1, 0.15) is 25.8 Å². The van der Waals surface area contributed by atoms with E-state index in [1.54, 1.807) is 13.8 Å². The summed E-state index contributed by atoms with van der Waals surface area (Å²) in [5.41, 5.74) is -0.947. The van der Waals surface area contributed by atoms with Crippen molar-refractivity contribution in [2.75, 3.05) is 6.61 Å². The smallest absolute Gasteiger partial charge is 0.350 e. The van der Waals surface area contributed by atoms with Gasteiger partial charge in [-0.2, -0.15) is 0 Å². The van der Waals surface area contributed by atoms with Crippen LogP contribution in [0.3, 0.4) is 0 Å². The molecule has 98 valence electrons. The molecule has 0 bridgehead atoms. The van der Waals surface area contributed by atoms with Gasteiger partial charge in [0, 0.05) is 12.0 Å². The van der Waals surface area contributed by atoms with Gasteiger partial charge in [-0.25, -0.2) is 9.18 Å². The number of phenols is 1. The summed E-state index contributed by atoms with van der Waals surface area (Å²) in [4.78, 5) is 11.9. The highest BCUT2D eigenvalue weighted by molar-refractivity contribution is 5.82. The number of esters is 1. The Hall–Kier alpha value is -1.78. The predicted octanol–water partition coefficient (Wildman–Crippen LogP) is 2.18. The molecule has 5 heteroatoms. The van der Waals surface area contributed by atoms with Crippen molar-refractivity contribution in [2.24, 2.45) is 0 Å². The molecule has 1 heterocycles. The Balaban J connectivity index is 2.37. The molecule has 1 aromatic carbocycles. The second-order valence-corrected chi connectivity index (χ2v) is 4.22. The molecule has 18 heavy (non-hydrogen) atoms. The van der Waals surface area contributed by atoms with Gasteiger partial charge in [0.1, 0.15) is 5.75 Å². The van der Waals surface area contributed by atoms with Crippen LogP contribution in [-0.4, -0.2) is 23.3 Å². The molecule has 4 nitrogen and oxygen atoms in total. The van der Waals surface area contributed by atoms with Crippen molar-refractivity contribution in [2.45, 2.75) is 32.3 Å². The molecule has 1 aliphatic heterocycles. The Labute approximate surface area is 104 Å². The zero-order valence-electron chi connectivity index (χ0n) is 10.3. The van der Waals surface area contributed by atoms with E-state index in [4.69, 9.17) is 9.47 Å². The Morgan fingerprint density at radius 2 is 2.28 bits per heavy atom. The quantitative estimate of drug-likeness (QED) is 0.840. The van der Waals surface area contributed by atoms with E-state index in [1.165, 1.54) is 12.1 Å². The molecule has 0 spiro atoms. The first-order chi connectivity index (χ1) is 8.54. The fourth-order valence-electron chi connectivity index (χ4n) is 2.10. The van der Waals surface area contributed by atoms with Crippen LogP contribution in [0, 0.1) is 5.82 Å². The summed E-state index contributed by atoms with van der Waals surface area (Å²) in [6.45, 7) is 3.73. The van der Waals surface area contributed by atoms with Gasteiger partial charge in [0.2, 0.25) is 5.60 Å². The van der Waals surface area contributed by atoms with Crippen LogP contribution < -0.4 is 4.74 Å². The van der Waals surface area contributed by atoms with Crippen LogP contribution in [0.15, 0.2) is 12.1 Å². The summed E-state index contributed by atoms with van der Waals surface area (Å²) >= 11 is 0.